The molecule has 0 aromatic carbocycles. The molecule has 2 N–H and O–H groups in total. The van der Waals surface area contributed by atoms with Crippen LogP contribution < -0.4 is 15.4 Å². The number of rotatable bonds is 2. The Labute approximate surface area is 109 Å². The first kappa shape index (κ1) is 11.4. The van der Waals surface area contributed by atoms with Crippen LogP contribution in [0.15, 0.2) is 30.7 Å². The third kappa shape index (κ3) is 2.44. The van der Waals surface area contributed by atoms with Crippen LogP contribution in [0.2, 0.25) is 0 Å². The molecular weight excluding hydrogens is 246 g/mol. The van der Waals surface area contributed by atoms with E-state index >= 15 is 0 Å². The van der Waals surface area contributed by atoms with Crippen LogP contribution in [0.25, 0.3) is 0 Å². The van der Waals surface area contributed by atoms with Gasteiger partial charge in [0.1, 0.15) is 12.2 Å². The zero-order valence-electron chi connectivity index (χ0n) is 9.96. The van der Waals surface area contributed by atoms with Gasteiger partial charge < -0.3 is 15.4 Å². The van der Waals surface area contributed by atoms with Crippen molar-refractivity contribution in [3.8, 4) is 5.88 Å². The fourth-order valence-electron chi connectivity index (χ4n) is 1.74. The molecule has 7 heteroatoms. The van der Waals surface area contributed by atoms with Crippen LogP contribution in [-0.2, 0) is 0 Å². The molecule has 1 amide bonds. The Balaban J connectivity index is 1.90. The summed E-state index contributed by atoms with van der Waals surface area (Å²) in [5.74, 6) is 0.171. The van der Waals surface area contributed by atoms with Crippen LogP contribution in [0, 0.1) is 0 Å². The molecule has 0 fully saturated rings. The van der Waals surface area contributed by atoms with Gasteiger partial charge in [-0.15, -0.1) is 0 Å². The number of amides is 1. The standard InChI is InChI=1S/C12H11N5O2/c18-11-10-5-9(17-8-1-2-15-16-7-8)6-14-12(10)19-4-3-13-11/h1-2,5-7H,3-4H2,(H,13,18)(H,15,17). The van der Waals surface area contributed by atoms with Gasteiger partial charge in [-0.25, -0.2) is 4.98 Å². The fourth-order valence-corrected chi connectivity index (χ4v) is 1.74. The summed E-state index contributed by atoms with van der Waals surface area (Å²) in [6.07, 6.45) is 4.77. The minimum atomic E-state index is -0.184. The van der Waals surface area contributed by atoms with Crippen molar-refractivity contribution in [2.75, 3.05) is 18.5 Å². The molecule has 1 aliphatic heterocycles. The van der Waals surface area contributed by atoms with E-state index in [2.05, 4.69) is 25.8 Å². The van der Waals surface area contributed by atoms with Crippen LogP contribution >= 0.6 is 0 Å². The normalized spacial score (nSPS) is 13.8. The monoisotopic (exact) mass is 257 g/mol. The van der Waals surface area contributed by atoms with Crippen molar-refractivity contribution in [2.24, 2.45) is 0 Å². The summed E-state index contributed by atoms with van der Waals surface area (Å²) in [5.41, 5.74) is 1.88. The molecule has 7 nitrogen and oxygen atoms in total. The quantitative estimate of drug-likeness (QED) is 0.824. The summed E-state index contributed by atoms with van der Waals surface area (Å²) in [4.78, 5) is 16.0. The van der Waals surface area contributed by atoms with Gasteiger partial charge in [-0.05, 0) is 12.1 Å². The summed E-state index contributed by atoms with van der Waals surface area (Å²) in [6, 6.07) is 3.47. The van der Waals surface area contributed by atoms with E-state index in [0.29, 0.717) is 30.3 Å². The molecule has 2 aromatic rings. The number of aromatic nitrogens is 3. The molecule has 2 aromatic heterocycles. The maximum Gasteiger partial charge on any atom is 0.256 e. The SMILES string of the molecule is O=C1NCCOc2ncc(Nc3ccnnc3)cc21. The molecule has 3 heterocycles. The number of hydrogen-bond donors (Lipinski definition) is 2. The topological polar surface area (TPSA) is 89.0 Å². The average Bonchev–Trinajstić information content (AvgIpc) is 2.62. The number of anilines is 2. The van der Waals surface area contributed by atoms with E-state index in [1.165, 1.54) is 0 Å². The predicted octanol–water partition coefficient (Wildman–Crippen LogP) is 0.737. The summed E-state index contributed by atoms with van der Waals surface area (Å²) in [5, 5.41) is 13.3. The van der Waals surface area contributed by atoms with Crippen molar-refractivity contribution in [1.82, 2.24) is 20.5 Å². The summed E-state index contributed by atoms with van der Waals surface area (Å²) in [7, 11) is 0. The Morgan fingerprint density at radius 1 is 1.26 bits per heavy atom. The molecule has 0 atom stereocenters. The second kappa shape index (κ2) is 4.89. The number of carbonyl (C=O) groups is 1. The summed E-state index contributed by atoms with van der Waals surface area (Å²) >= 11 is 0. The highest BCUT2D eigenvalue weighted by Gasteiger charge is 2.18. The lowest BCUT2D eigenvalue weighted by atomic mass is 10.2. The molecule has 19 heavy (non-hydrogen) atoms. The molecule has 3 rings (SSSR count). The molecule has 1 aliphatic rings. The number of ether oxygens (including phenoxy) is 1. The molecule has 0 bridgehead atoms. The second-order valence-electron chi connectivity index (χ2n) is 3.94. The fraction of sp³-hybridized carbons (Fsp3) is 0.167. The molecule has 0 aliphatic carbocycles. The number of fused-ring (bicyclic) bond motifs is 1. The lowest BCUT2D eigenvalue weighted by Gasteiger charge is -2.08. The maximum absolute atomic E-state index is 11.8. The Bertz CT molecular complexity index is 602. The van der Waals surface area contributed by atoms with Gasteiger partial charge in [0.25, 0.3) is 5.91 Å². The summed E-state index contributed by atoms with van der Waals surface area (Å²) in [6.45, 7) is 0.902. The van der Waals surface area contributed by atoms with E-state index in [4.69, 9.17) is 4.74 Å². The minimum Gasteiger partial charge on any atom is -0.475 e. The van der Waals surface area contributed by atoms with E-state index < -0.39 is 0 Å². The minimum absolute atomic E-state index is 0.184. The second-order valence-corrected chi connectivity index (χ2v) is 3.94. The Hall–Kier alpha value is -2.70. The lowest BCUT2D eigenvalue weighted by Crippen LogP contribution is -2.24. The van der Waals surface area contributed by atoms with Crippen molar-refractivity contribution in [1.29, 1.82) is 0 Å². The van der Waals surface area contributed by atoms with Gasteiger partial charge in [-0.3, -0.25) is 4.79 Å². The van der Waals surface area contributed by atoms with Gasteiger partial charge in [-0.1, -0.05) is 0 Å². The average molecular weight is 257 g/mol. The molecular formula is C12H11N5O2. The highest BCUT2D eigenvalue weighted by atomic mass is 16.5. The largest absolute Gasteiger partial charge is 0.475 e. The van der Waals surface area contributed by atoms with Crippen LogP contribution in [-0.4, -0.2) is 34.2 Å². The van der Waals surface area contributed by atoms with Crippen LogP contribution in [0.1, 0.15) is 10.4 Å². The molecule has 0 saturated carbocycles. The van der Waals surface area contributed by atoms with Crippen molar-refractivity contribution in [2.45, 2.75) is 0 Å². The highest BCUT2D eigenvalue weighted by molar-refractivity contribution is 5.97. The van der Waals surface area contributed by atoms with Gasteiger partial charge in [-0.2, -0.15) is 10.2 Å². The van der Waals surface area contributed by atoms with Crippen LogP contribution in [0.4, 0.5) is 11.4 Å². The predicted molar refractivity (Wildman–Crippen MR) is 67.4 cm³/mol. The summed E-state index contributed by atoms with van der Waals surface area (Å²) < 4.78 is 5.38. The molecule has 0 saturated heterocycles. The van der Waals surface area contributed by atoms with E-state index in [0.717, 1.165) is 5.69 Å². The highest BCUT2D eigenvalue weighted by Crippen LogP contribution is 2.22. The van der Waals surface area contributed by atoms with Gasteiger partial charge in [0, 0.05) is 0 Å². The number of hydrogen-bond acceptors (Lipinski definition) is 6. The first-order valence-electron chi connectivity index (χ1n) is 5.78. The number of nitrogens with one attached hydrogen (secondary N) is 2. The first-order valence-corrected chi connectivity index (χ1v) is 5.78. The Kier molecular flexibility index (Phi) is 2.93. The van der Waals surface area contributed by atoms with Crippen molar-refractivity contribution < 1.29 is 9.53 Å². The third-order valence-electron chi connectivity index (χ3n) is 2.60. The van der Waals surface area contributed by atoms with Gasteiger partial charge in [0.15, 0.2) is 0 Å². The van der Waals surface area contributed by atoms with Crippen molar-refractivity contribution >= 4 is 17.3 Å². The Morgan fingerprint density at radius 3 is 3.05 bits per heavy atom. The van der Waals surface area contributed by atoms with Crippen LogP contribution in [0.5, 0.6) is 5.88 Å². The van der Waals surface area contributed by atoms with Crippen molar-refractivity contribution in [3.05, 3.63) is 36.3 Å². The molecule has 0 spiro atoms. The number of pyridine rings is 1. The van der Waals surface area contributed by atoms with Gasteiger partial charge in [0.05, 0.1) is 36.5 Å². The molecule has 96 valence electrons. The van der Waals surface area contributed by atoms with Gasteiger partial charge in [0.2, 0.25) is 5.88 Å². The van der Waals surface area contributed by atoms with E-state index in [9.17, 15) is 4.79 Å². The number of nitrogens with zero attached hydrogens (tertiary/aromatic N) is 3. The van der Waals surface area contributed by atoms with Gasteiger partial charge >= 0.3 is 0 Å². The lowest BCUT2D eigenvalue weighted by molar-refractivity contribution is 0.0957. The molecule has 0 radical (unpaired) electrons. The maximum atomic E-state index is 11.8. The zero-order chi connectivity index (χ0) is 13.1. The smallest absolute Gasteiger partial charge is 0.256 e. The molecule has 0 unspecified atom stereocenters. The van der Waals surface area contributed by atoms with Crippen LogP contribution in [0.3, 0.4) is 0 Å². The first-order chi connectivity index (χ1) is 9.33. The van der Waals surface area contributed by atoms with Crippen molar-refractivity contribution in [3.63, 3.8) is 0 Å². The third-order valence-corrected chi connectivity index (χ3v) is 2.60. The van der Waals surface area contributed by atoms with E-state index in [1.54, 1.807) is 30.7 Å². The number of carbonyl (C=O) groups excluding carboxylic acids is 1. The van der Waals surface area contributed by atoms with E-state index in [1.807, 2.05) is 0 Å². The van der Waals surface area contributed by atoms with E-state index in [-0.39, 0.29) is 5.91 Å². The zero-order valence-corrected chi connectivity index (χ0v) is 9.96. The Morgan fingerprint density at radius 2 is 2.21 bits per heavy atom.